The molecule has 0 saturated heterocycles. The van der Waals surface area contributed by atoms with Crippen LogP contribution in [-0.2, 0) is 14.3 Å². The van der Waals surface area contributed by atoms with E-state index in [4.69, 9.17) is 9.47 Å². The fourth-order valence-corrected chi connectivity index (χ4v) is 1.90. The zero-order valence-corrected chi connectivity index (χ0v) is 11.6. The van der Waals surface area contributed by atoms with E-state index in [1.807, 2.05) is 0 Å². The van der Waals surface area contributed by atoms with Crippen molar-refractivity contribution in [2.75, 3.05) is 19.8 Å². The number of carbonyl (C=O) groups excluding carboxylic acids is 1. The number of hydrogen-bond donors (Lipinski definition) is 1. The normalized spacial score (nSPS) is 18.4. The molecule has 0 aromatic rings. The molecule has 1 atom stereocenters. The molecule has 1 unspecified atom stereocenters. The molecule has 1 aliphatic rings. The first kappa shape index (κ1) is 16.3. The molecule has 0 aromatic carbocycles. The van der Waals surface area contributed by atoms with Crippen LogP contribution in [0, 0.1) is 0 Å². The molecule has 1 rings (SSSR count). The maximum Gasteiger partial charge on any atom is 0.326 e. The minimum atomic E-state index is -2.44. The summed E-state index contributed by atoms with van der Waals surface area (Å²) < 4.78 is 33.7. The lowest BCUT2D eigenvalue weighted by Crippen LogP contribution is -2.51. The van der Waals surface area contributed by atoms with E-state index in [2.05, 4.69) is 5.32 Å². The highest BCUT2D eigenvalue weighted by atomic mass is 19.3. The second-order valence-electron chi connectivity index (χ2n) is 5.04. The monoisotopic (exact) mass is 279 g/mol. The average Bonchev–Trinajstić information content (AvgIpc) is 3.12. The average molecular weight is 279 g/mol. The molecule has 19 heavy (non-hydrogen) atoms. The highest BCUT2D eigenvalue weighted by Gasteiger charge is 2.39. The number of nitrogens with one attached hydrogen (secondary N) is 1. The van der Waals surface area contributed by atoms with Gasteiger partial charge >= 0.3 is 5.97 Å². The molecule has 0 aromatic heterocycles. The van der Waals surface area contributed by atoms with E-state index >= 15 is 0 Å². The van der Waals surface area contributed by atoms with Gasteiger partial charge in [-0.1, -0.05) is 0 Å². The number of ether oxygens (including phenoxy) is 2. The number of rotatable bonds is 10. The highest BCUT2D eigenvalue weighted by Crippen LogP contribution is 2.25. The van der Waals surface area contributed by atoms with Crippen LogP contribution in [0.5, 0.6) is 0 Å². The second kappa shape index (κ2) is 7.75. The van der Waals surface area contributed by atoms with E-state index in [0.717, 1.165) is 12.8 Å². The van der Waals surface area contributed by atoms with Gasteiger partial charge in [-0.3, -0.25) is 10.1 Å². The Bertz CT molecular complexity index is 285. The summed E-state index contributed by atoms with van der Waals surface area (Å²) in [7, 11) is 0. The Hall–Kier alpha value is -0.750. The minimum absolute atomic E-state index is 0.228. The standard InChI is InChI=1S/C13H23F2NO3/c1-3-19-12(17)13(2,16-10-5-6-10)7-4-8-18-9-11(14)15/h10-11,16H,3-9H2,1-2H3. The van der Waals surface area contributed by atoms with Gasteiger partial charge in [0.2, 0.25) is 0 Å². The van der Waals surface area contributed by atoms with Gasteiger partial charge in [0.05, 0.1) is 6.61 Å². The van der Waals surface area contributed by atoms with Crippen molar-refractivity contribution >= 4 is 5.97 Å². The van der Waals surface area contributed by atoms with Crippen LogP contribution in [-0.4, -0.2) is 43.8 Å². The van der Waals surface area contributed by atoms with E-state index < -0.39 is 18.6 Å². The molecule has 0 bridgehead atoms. The van der Waals surface area contributed by atoms with Crippen LogP contribution in [0.3, 0.4) is 0 Å². The van der Waals surface area contributed by atoms with Crippen molar-refractivity contribution in [3.05, 3.63) is 0 Å². The van der Waals surface area contributed by atoms with Crippen LogP contribution < -0.4 is 5.32 Å². The lowest BCUT2D eigenvalue weighted by atomic mass is 9.95. The van der Waals surface area contributed by atoms with E-state index in [0.29, 0.717) is 25.5 Å². The van der Waals surface area contributed by atoms with Crippen molar-refractivity contribution in [2.45, 2.75) is 57.5 Å². The zero-order valence-electron chi connectivity index (χ0n) is 11.6. The number of halogens is 2. The number of hydrogen-bond acceptors (Lipinski definition) is 4. The van der Waals surface area contributed by atoms with Gasteiger partial charge < -0.3 is 9.47 Å². The molecule has 1 N–H and O–H groups in total. The SMILES string of the molecule is CCOC(=O)C(C)(CCCOCC(F)F)NC1CC1. The summed E-state index contributed by atoms with van der Waals surface area (Å²) in [5, 5.41) is 3.27. The van der Waals surface area contributed by atoms with Gasteiger partial charge in [0.25, 0.3) is 6.43 Å². The molecule has 0 amide bonds. The molecule has 0 spiro atoms. The molecule has 6 heteroatoms. The van der Waals surface area contributed by atoms with Crippen LogP contribution in [0.1, 0.15) is 39.5 Å². The molecule has 112 valence electrons. The Morgan fingerprint density at radius 3 is 2.68 bits per heavy atom. The molecular formula is C13H23F2NO3. The van der Waals surface area contributed by atoms with Crippen LogP contribution in [0.15, 0.2) is 0 Å². The summed E-state index contributed by atoms with van der Waals surface area (Å²) in [4.78, 5) is 12.0. The molecular weight excluding hydrogens is 256 g/mol. The molecule has 0 radical (unpaired) electrons. The lowest BCUT2D eigenvalue weighted by Gasteiger charge is -2.28. The molecule has 0 heterocycles. The maximum absolute atomic E-state index is 12.0. The maximum atomic E-state index is 12.0. The van der Waals surface area contributed by atoms with E-state index in [1.54, 1.807) is 13.8 Å². The van der Waals surface area contributed by atoms with Crippen molar-refractivity contribution in [3.63, 3.8) is 0 Å². The summed E-state index contributed by atoms with van der Waals surface area (Å²) >= 11 is 0. The van der Waals surface area contributed by atoms with Crippen molar-refractivity contribution in [1.82, 2.24) is 5.32 Å². The fourth-order valence-electron chi connectivity index (χ4n) is 1.90. The van der Waals surface area contributed by atoms with Gasteiger partial charge in [0.15, 0.2) is 0 Å². The third-order valence-electron chi connectivity index (χ3n) is 3.04. The summed E-state index contributed by atoms with van der Waals surface area (Å²) in [6.45, 7) is 3.58. The largest absolute Gasteiger partial charge is 0.465 e. The Labute approximate surface area is 112 Å². The van der Waals surface area contributed by atoms with Gasteiger partial charge in [0, 0.05) is 12.6 Å². The summed E-state index contributed by atoms with van der Waals surface area (Å²) in [6, 6.07) is 0.372. The van der Waals surface area contributed by atoms with Crippen LogP contribution in [0.25, 0.3) is 0 Å². The van der Waals surface area contributed by atoms with Gasteiger partial charge in [0.1, 0.15) is 12.1 Å². The van der Waals surface area contributed by atoms with Crippen LogP contribution in [0.4, 0.5) is 8.78 Å². The summed E-state index contributed by atoms with van der Waals surface area (Å²) in [5.74, 6) is -0.282. The number of alkyl halides is 2. The van der Waals surface area contributed by atoms with Gasteiger partial charge in [-0.05, 0) is 39.5 Å². The second-order valence-corrected chi connectivity index (χ2v) is 5.04. The first-order chi connectivity index (χ1) is 8.98. The zero-order chi connectivity index (χ0) is 14.3. The van der Waals surface area contributed by atoms with Crippen molar-refractivity contribution in [3.8, 4) is 0 Å². The Kier molecular flexibility index (Phi) is 6.65. The van der Waals surface area contributed by atoms with E-state index in [-0.39, 0.29) is 12.6 Å². The third-order valence-corrected chi connectivity index (χ3v) is 3.04. The van der Waals surface area contributed by atoms with Crippen molar-refractivity contribution in [2.24, 2.45) is 0 Å². The van der Waals surface area contributed by atoms with Crippen LogP contribution in [0.2, 0.25) is 0 Å². The Balaban J connectivity index is 2.33. The van der Waals surface area contributed by atoms with Crippen molar-refractivity contribution < 1.29 is 23.0 Å². The number of carbonyl (C=O) groups is 1. The smallest absolute Gasteiger partial charge is 0.326 e. The van der Waals surface area contributed by atoms with Gasteiger partial charge in [-0.25, -0.2) is 8.78 Å². The van der Waals surface area contributed by atoms with Crippen LogP contribution >= 0.6 is 0 Å². The summed E-state index contributed by atoms with van der Waals surface area (Å²) in [6.07, 6.45) is 0.752. The predicted molar refractivity (Wildman–Crippen MR) is 67.3 cm³/mol. The van der Waals surface area contributed by atoms with Crippen molar-refractivity contribution in [1.29, 1.82) is 0 Å². The first-order valence-electron chi connectivity index (χ1n) is 6.78. The molecule has 1 saturated carbocycles. The van der Waals surface area contributed by atoms with E-state index in [1.165, 1.54) is 0 Å². The van der Waals surface area contributed by atoms with Gasteiger partial charge in [-0.2, -0.15) is 0 Å². The minimum Gasteiger partial charge on any atom is -0.465 e. The lowest BCUT2D eigenvalue weighted by molar-refractivity contribution is -0.151. The molecule has 0 aliphatic heterocycles. The predicted octanol–water partition coefficient (Wildman–Crippen LogP) is 2.12. The Morgan fingerprint density at radius 1 is 1.47 bits per heavy atom. The van der Waals surface area contributed by atoms with Gasteiger partial charge in [-0.15, -0.1) is 0 Å². The highest BCUT2D eigenvalue weighted by molar-refractivity contribution is 5.80. The molecule has 4 nitrogen and oxygen atoms in total. The topological polar surface area (TPSA) is 47.6 Å². The molecule has 1 aliphatic carbocycles. The first-order valence-corrected chi connectivity index (χ1v) is 6.78. The molecule has 1 fully saturated rings. The quantitative estimate of drug-likeness (QED) is 0.491. The summed E-state index contributed by atoms with van der Waals surface area (Å²) in [5.41, 5.74) is -0.745. The number of esters is 1. The fraction of sp³-hybridized carbons (Fsp3) is 0.923. The Morgan fingerprint density at radius 2 is 2.16 bits per heavy atom. The van der Waals surface area contributed by atoms with E-state index in [9.17, 15) is 13.6 Å². The third kappa shape index (κ3) is 6.29.